The van der Waals surface area contributed by atoms with E-state index in [9.17, 15) is 9.59 Å². The van der Waals surface area contributed by atoms with Gasteiger partial charge < -0.3 is 4.74 Å². The molecule has 1 aliphatic heterocycles. The Morgan fingerprint density at radius 2 is 1.76 bits per heavy atom. The summed E-state index contributed by atoms with van der Waals surface area (Å²) in [6.07, 6.45) is 4.69. The van der Waals surface area contributed by atoms with Gasteiger partial charge in [-0.15, -0.1) is 0 Å². The van der Waals surface area contributed by atoms with E-state index >= 15 is 0 Å². The van der Waals surface area contributed by atoms with E-state index in [2.05, 4.69) is 0 Å². The largest absolute Gasteiger partial charge is 0.451 e. The summed E-state index contributed by atoms with van der Waals surface area (Å²) in [5.41, 5.74) is 2.04. The van der Waals surface area contributed by atoms with Gasteiger partial charge in [0.2, 0.25) is 0 Å². The summed E-state index contributed by atoms with van der Waals surface area (Å²) in [4.78, 5) is 25.1. The highest BCUT2D eigenvalue weighted by Crippen LogP contribution is 2.45. The highest BCUT2D eigenvalue weighted by atomic mass is 16.6. The lowest BCUT2D eigenvalue weighted by Gasteiger charge is -2.34. The summed E-state index contributed by atoms with van der Waals surface area (Å²) in [6, 6.07) is 7.53. The van der Waals surface area contributed by atoms with Crippen LogP contribution in [-0.4, -0.2) is 17.4 Å². The van der Waals surface area contributed by atoms with E-state index in [0.717, 1.165) is 37.7 Å². The van der Waals surface area contributed by atoms with Gasteiger partial charge in [-0.3, -0.25) is 4.79 Å². The highest BCUT2D eigenvalue weighted by molar-refractivity contribution is 6.16. The van der Waals surface area contributed by atoms with Crippen LogP contribution in [0.5, 0.6) is 0 Å². The van der Waals surface area contributed by atoms with E-state index in [-0.39, 0.29) is 11.8 Å². The van der Waals surface area contributed by atoms with Crippen molar-refractivity contribution < 1.29 is 14.3 Å². The second-order valence-corrected chi connectivity index (χ2v) is 6.09. The molecule has 3 rings (SSSR count). The van der Waals surface area contributed by atoms with Crippen molar-refractivity contribution in [2.24, 2.45) is 0 Å². The van der Waals surface area contributed by atoms with Crippen LogP contribution in [0.4, 0.5) is 0 Å². The van der Waals surface area contributed by atoms with Crippen molar-refractivity contribution in [1.82, 2.24) is 0 Å². The van der Waals surface area contributed by atoms with Crippen LogP contribution in [0.3, 0.4) is 0 Å². The fourth-order valence-electron chi connectivity index (χ4n) is 3.56. The summed E-state index contributed by atoms with van der Waals surface area (Å²) in [7, 11) is 0. The Kier molecular flexibility index (Phi) is 3.44. The zero-order chi connectivity index (χ0) is 15.0. The second-order valence-electron chi connectivity index (χ2n) is 6.09. The van der Waals surface area contributed by atoms with Gasteiger partial charge in [0.15, 0.2) is 5.78 Å². The average Bonchev–Trinajstić information content (AvgIpc) is 2.70. The molecule has 0 aromatic heterocycles. The lowest BCUT2D eigenvalue weighted by atomic mass is 9.76. The van der Waals surface area contributed by atoms with E-state index < -0.39 is 5.60 Å². The maximum Gasteiger partial charge on any atom is 0.335 e. The first-order valence-corrected chi connectivity index (χ1v) is 7.60. The molecule has 1 heterocycles. The topological polar surface area (TPSA) is 43.4 Å². The molecule has 3 nitrogen and oxygen atoms in total. The Labute approximate surface area is 125 Å². The minimum Gasteiger partial charge on any atom is -0.451 e. The molecule has 110 valence electrons. The van der Waals surface area contributed by atoms with Crippen LogP contribution >= 0.6 is 0 Å². The first-order chi connectivity index (χ1) is 10.1. The number of ketones is 1. The number of hydrogen-bond donors (Lipinski definition) is 0. The van der Waals surface area contributed by atoms with Crippen LogP contribution in [-0.2, 0) is 9.53 Å². The van der Waals surface area contributed by atoms with E-state index in [0.29, 0.717) is 16.7 Å². The van der Waals surface area contributed by atoms with Gasteiger partial charge in [0.1, 0.15) is 5.60 Å². The van der Waals surface area contributed by atoms with Crippen molar-refractivity contribution >= 4 is 11.8 Å². The molecule has 1 aliphatic carbocycles. The van der Waals surface area contributed by atoms with Crippen molar-refractivity contribution in [2.45, 2.75) is 51.6 Å². The maximum absolute atomic E-state index is 13.0. The van der Waals surface area contributed by atoms with Gasteiger partial charge in [-0.25, -0.2) is 4.79 Å². The zero-order valence-corrected chi connectivity index (χ0v) is 12.6. The standard InChI is InChI=1S/C18H20O3/c1-12-8-4-5-9-14(12)16(19)15-13(2)17(20)21-18(15)10-6-3-7-11-18/h4-5,8-9H,3,6-7,10-11H2,1-2H3. The summed E-state index contributed by atoms with van der Waals surface area (Å²) in [5, 5.41) is 0. The summed E-state index contributed by atoms with van der Waals surface area (Å²) >= 11 is 0. The number of carbonyl (C=O) groups excluding carboxylic acids is 2. The predicted octanol–water partition coefficient (Wildman–Crippen LogP) is 3.75. The van der Waals surface area contributed by atoms with Gasteiger partial charge >= 0.3 is 5.97 Å². The summed E-state index contributed by atoms with van der Waals surface area (Å²) in [5.74, 6) is -0.368. The monoisotopic (exact) mass is 284 g/mol. The molecule has 0 atom stereocenters. The molecule has 2 aliphatic rings. The normalized spacial score (nSPS) is 20.8. The molecule has 1 aromatic rings. The minimum absolute atomic E-state index is 0.0432. The van der Waals surface area contributed by atoms with Crippen molar-refractivity contribution in [1.29, 1.82) is 0 Å². The van der Waals surface area contributed by atoms with Crippen molar-refractivity contribution in [3.8, 4) is 0 Å². The predicted molar refractivity (Wildman–Crippen MR) is 80.1 cm³/mol. The molecule has 1 fully saturated rings. The fraction of sp³-hybridized carbons (Fsp3) is 0.444. The molecule has 0 amide bonds. The number of rotatable bonds is 2. The molecule has 0 saturated heterocycles. The molecule has 0 bridgehead atoms. The number of hydrogen-bond acceptors (Lipinski definition) is 3. The number of aryl methyl sites for hydroxylation is 1. The van der Waals surface area contributed by atoms with Crippen LogP contribution in [0.25, 0.3) is 0 Å². The molecular formula is C18H20O3. The maximum atomic E-state index is 13.0. The molecule has 1 saturated carbocycles. The number of ether oxygens (including phenoxy) is 1. The third kappa shape index (κ3) is 2.21. The van der Waals surface area contributed by atoms with Gasteiger partial charge in [0.05, 0.1) is 5.57 Å². The van der Waals surface area contributed by atoms with Crippen LogP contribution in [0.2, 0.25) is 0 Å². The Morgan fingerprint density at radius 1 is 1.10 bits per heavy atom. The molecule has 0 radical (unpaired) electrons. The first-order valence-electron chi connectivity index (χ1n) is 7.60. The fourth-order valence-corrected chi connectivity index (χ4v) is 3.56. The Balaban J connectivity index is 2.07. The molecule has 3 heteroatoms. The number of esters is 1. The smallest absolute Gasteiger partial charge is 0.335 e. The van der Waals surface area contributed by atoms with Crippen LogP contribution < -0.4 is 0 Å². The molecule has 1 aromatic carbocycles. The van der Waals surface area contributed by atoms with Gasteiger partial charge in [0, 0.05) is 11.1 Å². The Bertz CT molecular complexity index is 634. The first kappa shape index (κ1) is 14.1. The minimum atomic E-state index is -0.668. The summed E-state index contributed by atoms with van der Waals surface area (Å²) in [6.45, 7) is 3.64. The number of Topliss-reactive ketones (excluding diaryl/α,β-unsaturated/α-hetero) is 1. The number of carbonyl (C=O) groups is 2. The van der Waals surface area contributed by atoms with E-state index in [1.54, 1.807) is 6.92 Å². The average molecular weight is 284 g/mol. The van der Waals surface area contributed by atoms with E-state index in [4.69, 9.17) is 4.74 Å². The van der Waals surface area contributed by atoms with Crippen molar-refractivity contribution in [3.63, 3.8) is 0 Å². The molecule has 1 spiro atoms. The Morgan fingerprint density at radius 3 is 2.43 bits per heavy atom. The Hall–Kier alpha value is -1.90. The van der Waals surface area contributed by atoms with Crippen molar-refractivity contribution in [3.05, 3.63) is 46.5 Å². The molecule has 0 N–H and O–H groups in total. The van der Waals surface area contributed by atoms with Crippen LogP contribution in [0.1, 0.15) is 54.9 Å². The zero-order valence-electron chi connectivity index (χ0n) is 12.6. The van der Waals surface area contributed by atoms with Crippen LogP contribution in [0, 0.1) is 6.92 Å². The summed E-state index contributed by atoms with van der Waals surface area (Å²) < 4.78 is 5.66. The van der Waals surface area contributed by atoms with E-state index in [1.165, 1.54) is 0 Å². The van der Waals surface area contributed by atoms with Crippen molar-refractivity contribution in [2.75, 3.05) is 0 Å². The molecule has 0 unspecified atom stereocenters. The quantitative estimate of drug-likeness (QED) is 0.613. The van der Waals surface area contributed by atoms with Gasteiger partial charge in [-0.05, 0) is 45.1 Å². The third-order valence-corrected chi connectivity index (χ3v) is 4.70. The molecule has 21 heavy (non-hydrogen) atoms. The van der Waals surface area contributed by atoms with Crippen LogP contribution in [0.15, 0.2) is 35.4 Å². The van der Waals surface area contributed by atoms with Gasteiger partial charge in [-0.2, -0.15) is 0 Å². The lowest BCUT2D eigenvalue weighted by molar-refractivity contribution is -0.148. The van der Waals surface area contributed by atoms with Gasteiger partial charge in [-0.1, -0.05) is 30.7 Å². The SMILES string of the molecule is CC1=C(C(=O)c2ccccc2C)C2(CCCCC2)OC1=O. The number of benzene rings is 1. The second kappa shape index (κ2) is 5.14. The van der Waals surface area contributed by atoms with E-state index in [1.807, 2.05) is 31.2 Å². The lowest BCUT2D eigenvalue weighted by Crippen LogP contribution is -2.37. The van der Waals surface area contributed by atoms with Gasteiger partial charge in [0.25, 0.3) is 0 Å². The third-order valence-electron chi connectivity index (χ3n) is 4.70. The molecular weight excluding hydrogens is 264 g/mol. The highest BCUT2D eigenvalue weighted by Gasteiger charge is 2.49.